The van der Waals surface area contributed by atoms with Gasteiger partial charge >= 0.3 is 6.18 Å². The fraction of sp³-hybridized carbons (Fsp3) is 0.105. The first-order valence-electron chi connectivity index (χ1n) is 8.35. The molecule has 0 aliphatic carbocycles. The molecule has 2 heterocycles. The predicted octanol–water partition coefficient (Wildman–Crippen LogP) is 4.11. The van der Waals surface area contributed by atoms with E-state index in [-0.39, 0.29) is 11.4 Å². The number of hydrogen-bond acceptors (Lipinski definition) is 4. The van der Waals surface area contributed by atoms with Crippen molar-refractivity contribution in [3.63, 3.8) is 0 Å². The van der Waals surface area contributed by atoms with E-state index in [2.05, 4.69) is 26.6 Å². The Balaban J connectivity index is 1.81. The van der Waals surface area contributed by atoms with Crippen LogP contribution in [0.5, 0.6) is 0 Å². The van der Waals surface area contributed by atoms with E-state index in [9.17, 15) is 27.6 Å². The van der Waals surface area contributed by atoms with Crippen molar-refractivity contribution in [1.82, 2.24) is 4.57 Å². The molecule has 0 saturated heterocycles. The molecule has 2 aromatic heterocycles. The van der Waals surface area contributed by atoms with E-state index in [1.807, 2.05) is 0 Å². The molecule has 2 N–H and O–H groups in total. The summed E-state index contributed by atoms with van der Waals surface area (Å²) in [6.07, 6.45) is -2.20. The van der Waals surface area contributed by atoms with Gasteiger partial charge in [-0.2, -0.15) is 13.2 Å². The maximum atomic E-state index is 13.5. The van der Waals surface area contributed by atoms with E-state index < -0.39 is 41.3 Å². The molecule has 156 valence electrons. The summed E-state index contributed by atoms with van der Waals surface area (Å²) in [4.78, 5) is 35.9. The number of nitrogens with one attached hydrogen (secondary N) is 2. The molecule has 0 saturated carbocycles. The molecule has 0 aliphatic heterocycles. The summed E-state index contributed by atoms with van der Waals surface area (Å²) in [6.45, 7) is -0.480. The quantitative estimate of drug-likeness (QED) is 0.570. The normalized spacial score (nSPS) is 11.2. The summed E-state index contributed by atoms with van der Waals surface area (Å²) in [6, 6.07) is 8.44. The SMILES string of the molecule is O=C(Cn1cc(Br)ccc1=O)Nc1ccc(NC(=O)c2ccco2)cc1C(F)(F)F. The van der Waals surface area contributed by atoms with Gasteiger partial charge in [0.05, 0.1) is 17.5 Å². The Labute approximate surface area is 175 Å². The van der Waals surface area contributed by atoms with Crippen LogP contribution in [0.15, 0.2) is 68.6 Å². The third-order valence-corrected chi connectivity index (χ3v) is 4.33. The van der Waals surface area contributed by atoms with Crippen LogP contribution in [0.3, 0.4) is 0 Å². The smallest absolute Gasteiger partial charge is 0.418 e. The van der Waals surface area contributed by atoms with E-state index in [4.69, 9.17) is 4.42 Å². The van der Waals surface area contributed by atoms with Gasteiger partial charge in [-0.1, -0.05) is 0 Å². The second-order valence-corrected chi connectivity index (χ2v) is 6.97. The summed E-state index contributed by atoms with van der Waals surface area (Å²) in [5.41, 5.74) is -2.29. The zero-order valence-corrected chi connectivity index (χ0v) is 16.6. The zero-order valence-electron chi connectivity index (χ0n) is 15.0. The van der Waals surface area contributed by atoms with Crippen molar-refractivity contribution in [2.75, 3.05) is 10.6 Å². The van der Waals surface area contributed by atoms with Gasteiger partial charge in [-0.15, -0.1) is 0 Å². The number of nitrogens with zero attached hydrogens (tertiary/aromatic N) is 1. The van der Waals surface area contributed by atoms with Crippen LogP contribution in [0, 0.1) is 0 Å². The fourth-order valence-corrected chi connectivity index (χ4v) is 2.92. The average Bonchev–Trinajstić information content (AvgIpc) is 3.20. The zero-order chi connectivity index (χ0) is 21.9. The number of furan rings is 1. The predicted molar refractivity (Wildman–Crippen MR) is 105 cm³/mol. The summed E-state index contributed by atoms with van der Waals surface area (Å²) in [5, 5.41) is 4.45. The summed E-state index contributed by atoms with van der Waals surface area (Å²) < 4.78 is 46.9. The van der Waals surface area contributed by atoms with Gasteiger partial charge in [0, 0.05) is 22.4 Å². The number of rotatable bonds is 5. The van der Waals surface area contributed by atoms with Crippen molar-refractivity contribution in [2.45, 2.75) is 12.7 Å². The van der Waals surface area contributed by atoms with Crippen molar-refractivity contribution in [3.8, 4) is 0 Å². The lowest BCUT2D eigenvalue weighted by Gasteiger charge is -2.16. The summed E-state index contributed by atoms with van der Waals surface area (Å²) in [5.74, 6) is -1.62. The van der Waals surface area contributed by atoms with Gasteiger partial charge < -0.3 is 19.6 Å². The van der Waals surface area contributed by atoms with E-state index in [1.54, 1.807) is 0 Å². The number of pyridine rings is 1. The Morgan fingerprint density at radius 3 is 2.53 bits per heavy atom. The lowest BCUT2D eigenvalue weighted by Crippen LogP contribution is -2.27. The van der Waals surface area contributed by atoms with Crippen molar-refractivity contribution >= 4 is 39.1 Å². The van der Waals surface area contributed by atoms with E-state index in [0.717, 1.165) is 10.6 Å². The standard InChI is InChI=1S/C19H13BrF3N3O4/c20-11-3-6-17(28)26(9-11)10-16(27)25-14-5-4-12(8-13(14)19(21,22)23)24-18(29)15-2-1-7-30-15/h1-9H,10H2,(H,24,29)(H,25,27). The third-order valence-electron chi connectivity index (χ3n) is 3.86. The van der Waals surface area contributed by atoms with Gasteiger partial charge in [0.15, 0.2) is 5.76 Å². The molecule has 3 aromatic rings. The molecule has 0 bridgehead atoms. The Hall–Kier alpha value is -3.34. The van der Waals surface area contributed by atoms with Gasteiger partial charge in [0.1, 0.15) is 6.54 Å². The fourth-order valence-electron chi connectivity index (χ4n) is 2.54. The Morgan fingerprint density at radius 1 is 1.10 bits per heavy atom. The van der Waals surface area contributed by atoms with Crippen LogP contribution in [0.25, 0.3) is 0 Å². The lowest BCUT2D eigenvalue weighted by atomic mass is 10.1. The molecule has 30 heavy (non-hydrogen) atoms. The molecule has 0 atom stereocenters. The molecular formula is C19H13BrF3N3O4. The van der Waals surface area contributed by atoms with Gasteiger partial charge in [-0.3, -0.25) is 14.4 Å². The first-order valence-corrected chi connectivity index (χ1v) is 9.15. The molecule has 11 heteroatoms. The molecular weight excluding hydrogens is 471 g/mol. The molecule has 2 amide bonds. The number of amides is 2. The maximum Gasteiger partial charge on any atom is 0.418 e. The van der Waals surface area contributed by atoms with Crippen LogP contribution in [0.4, 0.5) is 24.5 Å². The molecule has 0 unspecified atom stereocenters. The van der Waals surface area contributed by atoms with Crippen molar-refractivity contribution in [2.24, 2.45) is 0 Å². The third kappa shape index (κ3) is 5.17. The van der Waals surface area contributed by atoms with E-state index in [1.165, 1.54) is 42.8 Å². The monoisotopic (exact) mass is 483 g/mol. The van der Waals surface area contributed by atoms with E-state index >= 15 is 0 Å². The van der Waals surface area contributed by atoms with Crippen molar-refractivity contribution < 1.29 is 27.2 Å². The molecule has 1 aromatic carbocycles. The number of halogens is 4. The minimum absolute atomic E-state index is 0.0691. The number of hydrogen-bond donors (Lipinski definition) is 2. The highest BCUT2D eigenvalue weighted by Crippen LogP contribution is 2.36. The first kappa shape index (κ1) is 21.4. The summed E-state index contributed by atoms with van der Waals surface area (Å²) in [7, 11) is 0. The second kappa shape index (κ2) is 8.57. The number of carbonyl (C=O) groups excluding carboxylic acids is 2. The van der Waals surface area contributed by atoms with Crippen molar-refractivity contribution in [1.29, 1.82) is 0 Å². The highest BCUT2D eigenvalue weighted by molar-refractivity contribution is 9.10. The van der Waals surface area contributed by atoms with Gasteiger partial charge in [-0.05, 0) is 52.3 Å². The minimum atomic E-state index is -4.80. The van der Waals surface area contributed by atoms with Gasteiger partial charge in [0.2, 0.25) is 5.91 Å². The molecule has 0 aliphatic rings. The number of benzene rings is 1. The highest BCUT2D eigenvalue weighted by atomic mass is 79.9. The molecule has 0 fully saturated rings. The topological polar surface area (TPSA) is 93.3 Å². The Morgan fingerprint density at radius 2 is 1.87 bits per heavy atom. The van der Waals surface area contributed by atoms with Crippen LogP contribution in [-0.4, -0.2) is 16.4 Å². The van der Waals surface area contributed by atoms with Crippen LogP contribution in [0.1, 0.15) is 16.1 Å². The molecule has 3 rings (SSSR count). The molecule has 7 nitrogen and oxygen atoms in total. The van der Waals surface area contributed by atoms with Gasteiger partial charge in [-0.25, -0.2) is 0 Å². The maximum absolute atomic E-state index is 13.5. The van der Waals surface area contributed by atoms with Crippen LogP contribution in [0.2, 0.25) is 0 Å². The number of anilines is 2. The summed E-state index contributed by atoms with van der Waals surface area (Å²) >= 11 is 3.15. The van der Waals surface area contributed by atoms with Crippen LogP contribution >= 0.6 is 15.9 Å². The van der Waals surface area contributed by atoms with Crippen LogP contribution < -0.4 is 16.2 Å². The minimum Gasteiger partial charge on any atom is -0.459 e. The number of alkyl halides is 3. The first-order chi connectivity index (χ1) is 14.1. The number of aromatic nitrogens is 1. The highest BCUT2D eigenvalue weighted by Gasteiger charge is 2.34. The average molecular weight is 484 g/mol. The van der Waals surface area contributed by atoms with E-state index in [0.29, 0.717) is 10.5 Å². The van der Waals surface area contributed by atoms with Gasteiger partial charge in [0.25, 0.3) is 11.5 Å². The molecule has 0 radical (unpaired) electrons. The van der Waals surface area contributed by atoms with Crippen LogP contribution in [-0.2, 0) is 17.5 Å². The largest absolute Gasteiger partial charge is 0.459 e. The molecule has 0 spiro atoms. The Kier molecular flexibility index (Phi) is 6.11. The lowest BCUT2D eigenvalue weighted by molar-refractivity contribution is -0.136. The second-order valence-electron chi connectivity index (χ2n) is 6.05. The Bertz CT molecular complexity index is 1140. The number of carbonyl (C=O) groups is 2. The van der Waals surface area contributed by atoms with Crippen molar-refractivity contribution in [3.05, 3.63) is 81.1 Å².